The fourth-order valence-electron chi connectivity index (χ4n) is 0.447. The third kappa shape index (κ3) is 2.45. The molecule has 0 aliphatic heterocycles. The van der Waals surface area contributed by atoms with Crippen LogP contribution in [0.5, 0.6) is 0 Å². The number of hydrogen-bond donors (Lipinski definition) is 0. The molecule has 0 spiro atoms. The molecule has 0 nitrogen and oxygen atoms in total. The van der Waals surface area contributed by atoms with E-state index in [2.05, 4.69) is 18.2 Å². The summed E-state index contributed by atoms with van der Waals surface area (Å²) in [6.07, 6.45) is 7.75. The Labute approximate surface area is 64.7 Å². The molecule has 0 bridgehead atoms. The van der Waals surface area contributed by atoms with E-state index >= 15 is 0 Å². The monoisotopic (exact) mass is 281 g/mol. The van der Waals surface area contributed by atoms with Gasteiger partial charge in [-0.15, -0.1) is 12.4 Å². The van der Waals surface area contributed by atoms with Gasteiger partial charge in [0.25, 0.3) is 0 Å². The minimum absolute atomic E-state index is 0. The molecule has 1 aliphatic carbocycles. The molecular weight excluding hydrogens is 274 g/mol. The Bertz CT molecular complexity index is 105. The van der Waals surface area contributed by atoms with Crippen LogP contribution in [0.1, 0.15) is 6.42 Å². The van der Waals surface area contributed by atoms with Gasteiger partial charge in [-0.1, -0.05) is 0 Å². The Morgan fingerprint density at radius 1 is 1.57 bits per heavy atom. The fraction of sp³-hybridized carbons (Fsp3) is 0.200. The second-order valence-corrected chi connectivity index (χ2v) is 3.63. The predicted octanol–water partition coefficient (Wildman–Crippen LogP) is 1.80. The van der Waals surface area contributed by atoms with Gasteiger partial charge in [0.15, 0.2) is 0 Å². The van der Waals surface area contributed by atoms with Crippen molar-refractivity contribution in [2.24, 2.45) is 0 Å². The molecule has 0 unspecified atom stereocenters. The van der Waals surface area contributed by atoms with Crippen LogP contribution in [0.25, 0.3) is 0 Å². The van der Waals surface area contributed by atoms with Crippen LogP contribution in [0.2, 0.25) is 0 Å². The van der Waals surface area contributed by atoms with Crippen LogP contribution in [0.15, 0.2) is 21.6 Å². The second-order valence-electron chi connectivity index (χ2n) is 1.32. The maximum atomic E-state index is 2.20. The summed E-state index contributed by atoms with van der Waals surface area (Å²) < 4.78 is 1.61. The molecule has 0 aromatic heterocycles. The molecule has 7 heavy (non-hydrogen) atoms. The molecule has 0 aromatic rings. The van der Waals surface area contributed by atoms with Crippen molar-refractivity contribution in [3.8, 4) is 0 Å². The normalized spacial score (nSPS) is 15.6. The third-order valence-corrected chi connectivity index (χ3v) is 2.10. The molecule has 0 saturated heterocycles. The molecule has 0 radical (unpaired) electrons. The van der Waals surface area contributed by atoms with Gasteiger partial charge < -0.3 is 0 Å². The Morgan fingerprint density at radius 3 is 2.43 bits per heavy atom. The van der Waals surface area contributed by atoms with Gasteiger partial charge in [0.1, 0.15) is 0 Å². The van der Waals surface area contributed by atoms with Crippen molar-refractivity contribution >= 4 is 12.4 Å². The van der Waals surface area contributed by atoms with E-state index in [1.807, 2.05) is 0 Å². The Hall–Kier alpha value is 0.640. The van der Waals surface area contributed by atoms with E-state index in [-0.39, 0.29) is 12.4 Å². The van der Waals surface area contributed by atoms with Gasteiger partial charge in [0, 0.05) is 0 Å². The molecule has 1 aliphatic rings. The van der Waals surface area contributed by atoms with Crippen molar-refractivity contribution in [3.05, 3.63) is 21.6 Å². The van der Waals surface area contributed by atoms with Gasteiger partial charge in [-0.3, -0.25) is 0 Å². The van der Waals surface area contributed by atoms with Crippen molar-refractivity contribution in [3.63, 3.8) is 0 Å². The maximum absolute atomic E-state index is 2.20. The quantitative estimate of drug-likeness (QED) is 0.594. The van der Waals surface area contributed by atoms with E-state index in [4.69, 9.17) is 0 Å². The molecular formula is C5H6ClHf. The average Bonchev–Trinajstić information content (AvgIpc) is 1.86. The minimum atomic E-state index is 0. The zero-order valence-corrected chi connectivity index (χ0v) is 8.26. The fourth-order valence-corrected chi connectivity index (χ4v) is 1.22. The molecule has 0 fully saturated rings. The summed E-state index contributed by atoms with van der Waals surface area (Å²) >= 11 is 1.25. The molecule has 0 N–H and O–H groups in total. The molecule has 1 rings (SSSR count). The topological polar surface area (TPSA) is 0 Å². The van der Waals surface area contributed by atoms with Gasteiger partial charge in [0.05, 0.1) is 0 Å². The molecule has 0 atom stereocenters. The van der Waals surface area contributed by atoms with Gasteiger partial charge in [0.2, 0.25) is 0 Å². The van der Waals surface area contributed by atoms with Crippen LogP contribution in [0.4, 0.5) is 0 Å². The van der Waals surface area contributed by atoms with Crippen LogP contribution in [0.3, 0.4) is 0 Å². The van der Waals surface area contributed by atoms with Crippen LogP contribution in [0, 0.1) is 0 Å². The van der Waals surface area contributed by atoms with Crippen molar-refractivity contribution in [1.82, 2.24) is 0 Å². The summed E-state index contributed by atoms with van der Waals surface area (Å²) in [5.41, 5.74) is 0. The van der Waals surface area contributed by atoms with E-state index in [1.54, 1.807) is 3.33 Å². The van der Waals surface area contributed by atoms with E-state index in [0.29, 0.717) is 0 Å². The first kappa shape index (κ1) is 7.64. The standard InChI is InChI=1S/C5H5.ClH.Hf/c1-2-4-5-3-1;;/h1-3H,4H2;1H;. The summed E-state index contributed by atoms with van der Waals surface area (Å²) in [6.45, 7) is 0. The molecule has 0 heterocycles. The van der Waals surface area contributed by atoms with Crippen molar-refractivity contribution in [2.45, 2.75) is 6.42 Å². The molecule has 37 valence electrons. The zero-order chi connectivity index (χ0) is 4.41. The summed E-state index contributed by atoms with van der Waals surface area (Å²) in [7, 11) is 0. The van der Waals surface area contributed by atoms with E-state index < -0.39 is 0 Å². The van der Waals surface area contributed by atoms with Crippen LogP contribution >= 0.6 is 12.4 Å². The van der Waals surface area contributed by atoms with Crippen molar-refractivity contribution < 1.29 is 24.4 Å². The molecule has 2 heteroatoms. The third-order valence-electron chi connectivity index (χ3n) is 0.771. The average molecular weight is 280 g/mol. The molecule has 0 amide bonds. The number of allylic oxidation sites excluding steroid dienone is 4. The van der Waals surface area contributed by atoms with Gasteiger partial charge in [-0.05, 0) is 0 Å². The van der Waals surface area contributed by atoms with Crippen molar-refractivity contribution in [1.29, 1.82) is 0 Å². The first-order valence-corrected chi connectivity index (χ1v) is 3.76. The van der Waals surface area contributed by atoms with Gasteiger partial charge >= 0.3 is 52.4 Å². The van der Waals surface area contributed by atoms with Crippen LogP contribution in [-0.4, -0.2) is 0 Å². The SMILES string of the molecule is Cl.[Hf][C]1=CC=CC1. The van der Waals surface area contributed by atoms with E-state index in [1.165, 1.54) is 30.8 Å². The second kappa shape index (κ2) is 3.62. The van der Waals surface area contributed by atoms with Gasteiger partial charge in [-0.2, -0.15) is 0 Å². The van der Waals surface area contributed by atoms with Crippen LogP contribution < -0.4 is 0 Å². The van der Waals surface area contributed by atoms with Crippen molar-refractivity contribution in [2.75, 3.05) is 0 Å². The summed E-state index contributed by atoms with van der Waals surface area (Å²) in [5.74, 6) is 0. The first-order valence-electron chi connectivity index (χ1n) is 1.97. The Morgan fingerprint density at radius 2 is 2.29 bits per heavy atom. The number of rotatable bonds is 0. The first-order chi connectivity index (χ1) is 2.89. The predicted molar refractivity (Wildman–Crippen MR) is 29.1 cm³/mol. The summed E-state index contributed by atoms with van der Waals surface area (Å²) in [4.78, 5) is 0. The Kier molecular flexibility index (Phi) is 3.95. The van der Waals surface area contributed by atoms with Gasteiger partial charge in [-0.25, -0.2) is 0 Å². The molecule has 0 saturated carbocycles. The number of halogens is 1. The zero-order valence-electron chi connectivity index (χ0n) is 3.85. The van der Waals surface area contributed by atoms with E-state index in [9.17, 15) is 0 Å². The summed E-state index contributed by atoms with van der Waals surface area (Å²) in [5, 5.41) is 0. The number of hydrogen-bond acceptors (Lipinski definition) is 0. The summed E-state index contributed by atoms with van der Waals surface area (Å²) in [6, 6.07) is 0. The van der Waals surface area contributed by atoms with Crippen LogP contribution in [-0.2, 0) is 24.4 Å². The molecule has 0 aromatic carbocycles. The van der Waals surface area contributed by atoms with E-state index in [0.717, 1.165) is 0 Å². The Balaban J connectivity index is 0.000000360.